The average molecular weight is 449 g/mol. The van der Waals surface area contributed by atoms with E-state index in [4.69, 9.17) is 9.47 Å². The van der Waals surface area contributed by atoms with Gasteiger partial charge in [-0.25, -0.2) is 0 Å². The van der Waals surface area contributed by atoms with Crippen molar-refractivity contribution in [3.8, 4) is 11.1 Å². The highest BCUT2D eigenvalue weighted by atomic mass is 16.5. The van der Waals surface area contributed by atoms with Crippen molar-refractivity contribution in [1.82, 2.24) is 0 Å². The first-order chi connectivity index (χ1) is 16.7. The van der Waals surface area contributed by atoms with E-state index < -0.39 is 0 Å². The summed E-state index contributed by atoms with van der Waals surface area (Å²) in [7, 11) is 3.57. The van der Waals surface area contributed by atoms with Crippen LogP contribution in [0.25, 0.3) is 11.1 Å². The number of rotatable bonds is 8. The van der Waals surface area contributed by atoms with Crippen LogP contribution in [-0.4, -0.2) is 27.4 Å². The Labute approximate surface area is 203 Å². The Morgan fingerprint density at radius 3 is 1.68 bits per heavy atom. The summed E-state index contributed by atoms with van der Waals surface area (Å²) in [6.45, 7) is 3.44. The molecule has 0 heterocycles. The summed E-state index contributed by atoms with van der Waals surface area (Å²) in [4.78, 5) is 0. The molecule has 1 aliphatic rings. The van der Waals surface area contributed by atoms with Gasteiger partial charge in [0.15, 0.2) is 0 Å². The predicted molar refractivity (Wildman–Crippen MR) is 139 cm³/mol. The third-order valence-electron chi connectivity index (χ3n) is 7.61. The number of benzene rings is 4. The summed E-state index contributed by atoms with van der Waals surface area (Å²) in [5.41, 5.74) is 8.46. The van der Waals surface area contributed by atoms with E-state index in [0.717, 1.165) is 6.42 Å². The lowest BCUT2D eigenvalue weighted by Crippen LogP contribution is -2.36. The molecule has 34 heavy (non-hydrogen) atoms. The molecule has 2 heteroatoms. The molecule has 0 saturated heterocycles. The molecule has 0 aromatic heterocycles. The van der Waals surface area contributed by atoms with Gasteiger partial charge in [-0.15, -0.1) is 0 Å². The maximum Gasteiger partial charge on any atom is 0.0681 e. The van der Waals surface area contributed by atoms with Crippen molar-refractivity contribution in [2.45, 2.75) is 24.2 Å². The molecule has 4 aromatic carbocycles. The van der Waals surface area contributed by atoms with Crippen LogP contribution >= 0.6 is 0 Å². The molecule has 0 aliphatic heterocycles. The number of ether oxygens (including phenoxy) is 2. The molecule has 4 aromatic rings. The SMILES string of the molecule is CCC(c1ccccc1)(c1ccccc1)c1ccc2c(c1)C(COC)(COC)c1ccccc1-2. The molecule has 0 amide bonds. The summed E-state index contributed by atoms with van der Waals surface area (Å²) in [6, 6.07) is 37.6. The molecule has 0 radical (unpaired) electrons. The summed E-state index contributed by atoms with van der Waals surface area (Å²) in [5.74, 6) is 0. The maximum absolute atomic E-state index is 5.84. The van der Waals surface area contributed by atoms with Crippen molar-refractivity contribution in [3.63, 3.8) is 0 Å². The Kier molecular flexibility index (Phi) is 6.12. The normalized spacial score (nSPS) is 14.0. The van der Waals surface area contributed by atoms with Crippen LogP contribution in [0.1, 0.15) is 41.2 Å². The minimum atomic E-state index is -0.335. The fourth-order valence-corrected chi connectivity index (χ4v) is 6.12. The van der Waals surface area contributed by atoms with Crippen molar-refractivity contribution >= 4 is 0 Å². The van der Waals surface area contributed by atoms with Gasteiger partial charge in [-0.1, -0.05) is 110 Å². The van der Waals surface area contributed by atoms with Crippen molar-refractivity contribution < 1.29 is 9.47 Å². The van der Waals surface area contributed by atoms with E-state index in [1.54, 1.807) is 14.2 Å². The number of methoxy groups -OCH3 is 2. The van der Waals surface area contributed by atoms with E-state index in [1.165, 1.54) is 38.9 Å². The molecule has 172 valence electrons. The lowest BCUT2D eigenvalue weighted by atomic mass is 9.66. The summed E-state index contributed by atoms with van der Waals surface area (Å²) in [6.07, 6.45) is 0.953. The minimum absolute atomic E-state index is 0.252. The lowest BCUT2D eigenvalue weighted by molar-refractivity contribution is 0.0814. The predicted octanol–water partition coefficient (Wildman–Crippen LogP) is 6.99. The maximum atomic E-state index is 5.84. The smallest absolute Gasteiger partial charge is 0.0681 e. The van der Waals surface area contributed by atoms with Crippen LogP contribution in [0, 0.1) is 0 Å². The highest BCUT2D eigenvalue weighted by Crippen LogP contribution is 2.52. The average Bonchev–Trinajstić information content (AvgIpc) is 3.16. The molecule has 0 spiro atoms. The summed E-state index contributed by atoms with van der Waals surface area (Å²) < 4.78 is 11.7. The first-order valence-corrected chi connectivity index (χ1v) is 12.0. The monoisotopic (exact) mass is 448 g/mol. The molecular weight excluding hydrogens is 416 g/mol. The number of fused-ring (bicyclic) bond motifs is 3. The third-order valence-corrected chi connectivity index (χ3v) is 7.61. The van der Waals surface area contributed by atoms with Gasteiger partial charge >= 0.3 is 0 Å². The van der Waals surface area contributed by atoms with E-state index in [1.807, 2.05) is 0 Å². The molecular formula is C32H32O2. The Balaban J connectivity index is 1.80. The first kappa shape index (κ1) is 22.6. The lowest BCUT2D eigenvalue weighted by Gasteiger charge is -2.37. The molecule has 0 N–H and O–H groups in total. The van der Waals surface area contributed by atoms with Crippen LogP contribution in [-0.2, 0) is 20.3 Å². The number of hydrogen-bond donors (Lipinski definition) is 0. The zero-order valence-electron chi connectivity index (χ0n) is 20.3. The Morgan fingerprint density at radius 2 is 1.12 bits per heavy atom. The molecule has 1 aliphatic carbocycles. The van der Waals surface area contributed by atoms with Crippen LogP contribution in [0.15, 0.2) is 103 Å². The molecule has 0 atom stereocenters. The van der Waals surface area contributed by atoms with E-state index in [-0.39, 0.29) is 10.8 Å². The third kappa shape index (κ3) is 3.33. The van der Waals surface area contributed by atoms with Crippen molar-refractivity contribution in [1.29, 1.82) is 0 Å². The molecule has 0 unspecified atom stereocenters. The summed E-state index contributed by atoms with van der Waals surface area (Å²) >= 11 is 0. The van der Waals surface area contributed by atoms with Gasteiger partial charge in [-0.2, -0.15) is 0 Å². The number of hydrogen-bond acceptors (Lipinski definition) is 2. The molecule has 5 rings (SSSR count). The molecule has 0 saturated carbocycles. The van der Waals surface area contributed by atoms with E-state index >= 15 is 0 Å². The van der Waals surface area contributed by atoms with Crippen molar-refractivity contribution in [2.75, 3.05) is 27.4 Å². The molecule has 0 bridgehead atoms. The second kappa shape index (κ2) is 9.21. The van der Waals surface area contributed by atoms with Gasteiger partial charge in [0.1, 0.15) is 0 Å². The van der Waals surface area contributed by atoms with Gasteiger partial charge in [0.25, 0.3) is 0 Å². The Hall–Kier alpha value is -3.20. The summed E-state index contributed by atoms with van der Waals surface area (Å²) in [5, 5.41) is 0. The van der Waals surface area contributed by atoms with Crippen LogP contribution in [0.3, 0.4) is 0 Å². The van der Waals surface area contributed by atoms with E-state index in [0.29, 0.717) is 13.2 Å². The van der Waals surface area contributed by atoms with Gasteiger partial charge in [0.05, 0.1) is 18.6 Å². The quantitative estimate of drug-likeness (QED) is 0.270. The van der Waals surface area contributed by atoms with Crippen LogP contribution in [0.5, 0.6) is 0 Å². The Bertz CT molecular complexity index is 1220. The van der Waals surface area contributed by atoms with Gasteiger partial charge in [-0.3, -0.25) is 0 Å². The van der Waals surface area contributed by atoms with Crippen LogP contribution in [0.4, 0.5) is 0 Å². The van der Waals surface area contributed by atoms with Gasteiger partial charge in [0.2, 0.25) is 0 Å². The fourth-order valence-electron chi connectivity index (χ4n) is 6.12. The minimum Gasteiger partial charge on any atom is -0.383 e. The van der Waals surface area contributed by atoms with Gasteiger partial charge in [-0.05, 0) is 45.4 Å². The second-order valence-electron chi connectivity index (χ2n) is 9.25. The highest BCUT2D eigenvalue weighted by Gasteiger charge is 2.45. The fraction of sp³-hybridized carbons (Fsp3) is 0.250. The van der Waals surface area contributed by atoms with E-state index in [2.05, 4.69) is 110 Å². The van der Waals surface area contributed by atoms with Gasteiger partial charge < -0.3 is 9.47 Å². The largest absolute Gasteiger partial charge is 0.383 e. The van der Waals surface area contributed by atoms with Crippen LogP contribution < -0.4 is 0 Å². The first-order valence-electron chi connectivity index (χ1n) is 12.0. The second-order valence-corrected chi connectivity index (χ2v) is 9.25. The molecule has 0 fully saturated rings. The molecule has 2 nitrogen and oxygen atoms in total. The van der Waals surface area contributed by atoms with E-state index in [9.17, 15) is 0 Å². The van der Waals surface area contributed by atoms with Crippen molar-refractivity contribution in [2.24, 2.45) is 0 Å². The zero-order valence-corrected chi connectivity index (χ0v) is 20.3. The van der Waals surface area contributed by atoms with Gasteiger partial charge in [0, 0.05) is 19.6 Å². The van der Waals surface area contributed by atoms with Crippen LogP contribution in [0.2, 0.25) is 0 Å². The topological polar surface area (TPSA) is 18.5 Å². The standard InChI is InChI=1S/C32H32O2/c1-4-32(24-13-7-5-8-14-24,25-15-9-6-10-16-25)26-19-20-28-27-17-11-12-18-29(27)31(22-33-2,23-34-3)30(28)21-26/h5-21H,4,22-23H2,1-3H3. The Morgan fingerprint density at radius 1 is 0.588 bits per heavy atom. The van der Waals surface area contributed by atoms with Crippen molar-refractivity contribution in [3.05, 3.63) is 131 Å². The highest BCUT2D eigenvalue weighted by molar-refractivity contribution is 5.82. The zero-order chi connectivity index (χ0) is 23.6.